The molecular formula is C9H12N2S. The summed E-state index contributed by atoms with van der Waals surface area (Å²) in [6.07, 6.45) is 6.96. The molecule has 0 aliphatic carbocycles. The van der Waals surface area contributed by atoms with Crippen molar-refractivity contribution >= 4 is 11.3 Å². The van der Waals surface area contributed by atoms with Gasteiger partial charge < -0.3 is 0 Å². The quantitative estimate of drug-likeness (QED) is 0.715. The van der Waals surface area contributed by atoms with E-state index in [9.17, 15) is 0 Å². The highest BCUT2D eigenvalue weighted by Crippen LogP contribution is 2.21. The van der Waals surface area contributed by atoms with Gasteiger partial charge in [0.2, 0.25) is 0 Å². The van der Waals surface area contributed by atoms with Gasteiger partial charge in [-0.1, -0.05) is 5.92 Å². The van der Waals surface area contributed by atoms with Gasteiger partial charge in [-0.15, -0.1) is 17.8 Å². The summed E-state index contributed by atoms with van der Waals surface area (Å²) in [5.74, 6) is 2.55. The Balaban J connectivity index is 2.67. The molecule has 0 aromatic carbocycles. The lowest BCUT2D eigenvalue weighted by Crippen LogP contribution is -2.36. The van der Waals surface area contributed by atoms with E-state index >= 15 is 0 Å². The summed E-state index contributed by atoms with van der Waals surface area (Å²) in [5.41, 5.74) is -0.111. The Bertz CT molecular complexity index is 269. The summed E-state index contributed by atoms with van der Waals surface area (Å²) in [6.45, 7) is 4.72. The SMILES string of the molecule is C#CCNC(C)(C)c1nccs1. The Labute approximate surface area is 77.0 Å². The molecule has 1 aromatic heterocycles. The summed E-state index contributed by atoms with van der Waals surface area (Å²) >= 11 is 1.64. The predicted octanol–water partition coefficient (Wildman–Crippen LogP) is 1.60. The van der Waals surface area contributed by atoms with Crippen LogP contribution in [-0.2, 0) is 5.54 Å². The van der Waals surface area contributed by atoms with E-state index in [1.165, 1.54) is 0 Å². The smallest absolute Gasteiger partial charge is 0.112 e. The highest BCUT2D eigenvalue weighted by molar-refractivity contribution is 7.09. The van der Waals surface area contributed by atoms with Crippen LogP contribution in [-0.4, -0.2) is 11.5 Å². The average molecular weight is 180 g/mol. The van der Waals surface area contributed by atoms with Gasteiger partial charge in [0.15, 0.2) is 0 Å². The molecule has 0 saturated heterocycles. The number of hydrogen-bond donors (Lipinski definition) is 1. The van der Waals surface area contributed by atoms with Gasteiger partial charge >= 0.3 is 0 Å². The van der Waals surface area contributed by atoms with E-state index in [1.54, 1.807) is 17.5 Å². The van der Waals surface area contributed by atoms with Crippen LogP contribution < -0.4 is 5.32 Å². The molecule has 0 fully saturated rings. The Kier molecular flexibility index (Phi) is 2.85. The van der Waals surface area contributed by atoms with Crippen molar-refractivity contribution in [3.05, 3.63) is 16.6 Å². The molecule has 0 aliphatic heterocycles. The summed E-state index contributed by atoms with van der Waals surface area (Å²) in [4.78, 5) is 4.23. The third kappa shape index (κ3) is 2.07. The number of aromatic nitrogens is 1. The molecule has 0 unspecified atom stereocenters. The fourth-order valence-corrected chi connectivity index (χ4v) is 1.62. The van der Waals surface area contributed by atoms with Crippen molar-refractivity contribution in [3.8, 4) is 12.3 Å². The van der Waals surface area contributed by atoms with Crippen LogP contribution in [0.2, 0.25) is 0 Å². The monoisotopic (exact) mass is 180 g/mol. The largest absolute Gasteiger partial charge is 0.295 e. The van der Waals surface area contributed by atoms with E-state index in [4.69, 9.17) is 6.42 Å². The minimum absolute atomic E-state index is 0.111. The highest BCUT2D eigenvalue weighted by atomic mass is 32.1. The van der Waals surface area contributed by atoms with Crippen molar-refractivity contribution in [1.29, 1.82) is 0 Å². The summed E-state index contributed by atoms with van der Waals surface area (Å²) < 4.78 is 0. The zero-order valence-corrected chi connectivity index (χ0v) is 8.11. The maximum atomic E-state index is 5.16. The minimum Gasteiger partial charge on any atom is -0.295 e. The van der Waals surface area contributed by atoms with Crippen molar-refractivity contribution in [2.75, 3.05) is 6.54 Å². The second kappa shape index (κ2) is 3.70. The van der Waals surface area contributed by atoms with E-state index in [2.05, 4.69) is 30.1 Å². The van der Waals surface area contributed by atoms with Crippen molar-refractivity contribution in [1.82, 2.24) is 10.3 Å². The van der Waals surface area contributed by atoms with Crippen LogP contribution in [0.5, 0.6) is 0 Å². The maximum absolute atomic E-state index is 5.16. The van der Waals surface area contributed by atoms with Crippen molar-refractivity contribution < 1.29 is 0 Å². The molecule has 0 spiro atoms. The summed E-state index contributed by atoms with van der Waals surface area (Å²) in [5, 5.41) is 6.26. The van der Waals surface area contributed by atoms with Gasteiger partial charge in [0.25, 0.3) is 0 Å². The molecule has 3 heteroatoms. The molecule has 0 aliphatic rings. The third-order valence-electron chi connectivity index (χ3n) is 1.60. The standard InChI is InChI=1S/C9H12N2S/c1-4-5-11-9(2,3)8-10-6-7-12-8/h1,6-7,11H,5H2,2-3H3. The van der Waals surface area contributed by atoms with E-state index in [0.717, 1.165) is 5.01 Å². The molecule has 2 nitrogen and oxygen atoms in total. The first-order valence-corrected chi connectivity index (χ1v) is 4.63. The number of rotatable bonds is 3. The second-order valence-corrected chi connectivity index (χ2v) is 3.91. The van der Waals surface area contributed by atoms with Gasteiger partial charge in [0.05, 0.1) is 12.1 Å². The summed E-state index contributed by atoms with van der Waals surface area (Å²) in [6, 6.07) is 0. The molecule has 0 amide bonds. The van der Waals surface area contributed by atoms with E-state index in [1.807, 2.05) is 5.38 Å². The Morgan fingerprint density at radius 2 is 2.50 bits per heavy atom. The molecule has 0 atom stereocenters. The van der Waals surface area contributed by atoms with Crippen LogP contribution in [0.3, 0.4) is 0 Å². The molecule has 1 rings (SSSR count). The molecule has 0 saturated carbocycles. The lowest BCUT2D eigenvalue weighted by molar-refractivity contribution is 0.426. The van der Waals surface area contributed by atoms with Crippen molar-refractivity contribution in [2.24, 2.45) is 0 Å². The highest BCUT2D eigenvalue weighted by Gasteiger charge is 2.21. The molecule has 1 aromatic rings. The number of hydrogen-bond acceptors (Lipinski definition) is 3. The molecule has 1 N–H and O–H groups in total. The predicted molar refractivity (Wildman–Crippen MR) is 52.0 cm³/mol. The number of thiazole rings is 1. The Morgan fingerprint density at radius 3 is 3.00 bits per heavy atom. The average Bonchev–Trinajstić information content (AvgIpc) is 2.53. The number of terminal acetylenes is 1. The molecule has 12 heavy (non-hydrogen) atoms. The topological polar surface area (TPSA) is 24.9 Å². The second-order valence-electron chi connectivity index (χ2n) is 3.02. The lowest BCUT2D eigenvalue weighted by atomic mass is 10.1. The first-order chi connectivity index (χ1) is 5.67. The van der Waals surface area contributed by atoms with Crippen molar-refractivity contribution in [3.63, 3.8) is 0 Å². The zero-order valence-electron chi connectivity index (χ0n) is 7.29. The normalized spacial score (nSPS) is 11.1. The molecular weight excluding hydrogens is 168 g/mol. The van der Waals surface area contributed by atoms with Gasteiger partial charge in [-0.25, -0.2) is 4.98 Å². The van der Waals surface area contributed by atoms with Gasteiger partial charge in [-0.3, -0.25) is 5.32 Å². The first kappa shape index (κ1) is 9.24. The van der Waals surface area contributed by atoms with Gasteiger partial charge in [-0.2, -0.15) is 0 Å². The first-order valence-electron chi connectivity index (χ1n) is 3.75. The fourth-order valence-electron chi connectivity index (χ4n) is 0.880. The van der Waals surface area contributed by atoms with Crippen LogP contribution in [0, 0.1) is 12.3 Å². The van der Waals surface area contributed by atoms with Crippen molar-refractivity contribution in [2.45, 2.75) is 19.4 Å². The van der Waals surface area contributed by atoms with Crippen LogP contribution in [0.1, 0.15) is 18.9 Å². The van der Waals surface area contributed by atoms with Crippen LogP contribution in [0.4, 0.5) is 0 Å². The van der Waals surface area contributed by atoms with E-state index in [0.29, 0.717) is 6.54 Å². The van der Waals surface area contributed by atoms with Crippen LogP contribution >= 0.6 is 11.3 Å². The molecule has 1 heterocycles. The maximum Gasteiger partial charge on any atom is 0.112 e. The Morgan fingerprint density at radius 1 is 1.75 bits per heavy atom. The Hall–Kier alpha value is -0.850. The molecule has 0 bridgehead atoms. The van der Waals surface area contributed by atoms with Crippen LogP contribution in [0.25, 0.3) is 0 Å². The fraction of sp³-hybridized carbons (Fsp3) is 0.444. The molecule has 0 radical (unpaired) electrons. The van der Waals surface area contributed by atoms with E-state index in [-0.39, 0.29) is 5.54 Å². The van der Waals surface area contributed by atoms with Gasteiger partial charge in [-0.05, 0) is 13.8 Å². The van der Waals surface area contributed by atoms with Gasteiger partial charge in [0.1, 0.15) is 5.01 Å². The number of nitrogens with zero attached hydrogens (tertiary/aromatic N) is 1. The third-order valence-corrected chi connectivity index (χ3v) is 2.70. The zero-order chi connectivity index (χ0) is 9.03. The van der Waals surface area contributed by atoms with Crippen LogP contribution in [0.15, 0.2) is 11.6 Å². The summed E-state index contributed by atoms with van der Waals surface area (Å²) in [7, 11) is 0. The molecule has 64 valence electrons. The lowest BCUT2D eigenvalue weighted by Gasteiger charge is -2.22. The van der Waals surface area contributed by atoms with E-state index < -0.39 is 0 Å². The minimum atomic E-state index is -0.111. The van der Waals surface area contributed by atoms with Gasteiger partial charge in [0, 0.05) is 11.6 Å². The number of nitrogens with one attached hydrogen (secondary N) is 1.